The lowest BCUT2D eigenvalue weighted by Gasteiger charge is -2.32. The van der Waals surface area contributed by atoms with Crippen molar-refractivity contribution >= 4 is 27.7 Å². The molecule has 0 aromatic carbocycles. The number of sulfonamides is 1. The summed E-state index contributed by atoms with van der Waals surface area (Å²) in [6, 6.07) is -0.0944. The Morgan fingerprint density at radius 1 is 1.33 bits per heavy atom. The Hall–Kier alpha value is -0.680. The fourth-order valence-corrected chi connectivity index (χ4v) is 3.70. The molecule has 1 saturated heterocycles. The molecule has 0 amide bonds. The van der Waals surface area contributed by atoms with Gasteiger partial charge in [0.25, 0.3) is 0 Å². The van der Waals surface area contributed by atoms with Gasteiger partial charge in [-0.3, -0.25) is 4.99 Å². The predicted octanol–water partition coefficient (Wildman–Crippen LogP) is 1.61. The Morgan fingerprint density at radius 2 is 1.96 bits per heavy atom. The number of guanidine groups is 1. The topological polar surface area (TPSA) is 73.8 Å². The number of rotatable bonds is 7. The number of piperidine rings is 1. The van der Waals surface area contributed by atoms with Crippen molar-refractivity contribution in [1.82, 2.24) is 14.9 Å². The number of aliphatic imine (C=N–C) groups is 1. The van der Waals surface area contributed by atoms with Crippen molar-refractivity contribution in [2.75, 3.05) is 38.2 Å². The van der Waals surface area contributed by atoms with E-state index in [4.69, 9.17) is 0 Å². The first kappa shape index (κ1) is 21.4. The lowest BCUT2D eigenvalue weighted by atomic mass is 10.1. The zero-order chi connectivity index (χ0) is 18.2. The van der Waals surface area contributed by atoms with Gasteiger partial charge in [0.15, 0.2) is 5.96 Å². The highest BCUT2D eigenvalue weighted by molar-refractivity contribution is 7.98. The second-order valence-corrected chi connectivity index (χ2v) is 8.29. The molecular weight excluding hydrogens is 365 g/mol. The molecular formula is C13H25F3N4O2S2. The Bertz CT molecular complexity index is 504. The minimum Gasteiger partial charge on any atom is -0.357 e. The Balaban J connectivity index is 2.54. The van der Waals surface area contributed by atoms with Crippen molar-refractivity contribution in [3.05, 3.63) is 0 Å². The number of alkyl halides is 3. The van der Waals surface area contributed by atoms with Gasteiger partial charge in [-0.15, -0.1) is 0 Å². The second kappa shape index (κ2) is 9.71. The standard InChI is InChI=1S/C13H25F3N4O2S2/c1-3-17-12(18-7-4-10-23-2)19-11-5-8-20(9-6-11)24(21,22)13(14,15)16/h11H,3-10H2,1-2H3,(H2,17,18,19). The van der Waals surface area contributed by atoms with Crippen molar-refractivity contribution in [2.45, 2.75) is 37.7 Å². The molecule has 0 atom stereocenters. The molecule has 0 aliphatic carbocycles. The van der Waals surface area contributed by atoms with Crippen LogP contribution in [0.5, 0.6) is 0 Å². The van der Waals surface area contributed by atoms with Crippen LogP contribution in [0.4, 0.5) is 13.2 Å². The molecule has 1 fully saturated rings. The number of hydrogen-bond donors (Lipinski definition) is 2. The minimum atomic E-state index is -5.24. The molecule has 1 heterocycles. The number of halogens is 3. The van der Waals surface area contributed by atoms with E-state index in [0.29, 0.717) is 36.2 Å². The van der Waals surface area contributed by atoms with Gasteiger partial charge in [-0.2, -0.15) is 29.2 Å². The number of nitrogens with one attached hydrogen (secondary N) is 2. The maximum atomic E-state index is 12.6. The normalized spacial score (nSPS) is 18.6. The van der Waals surface area contributed by atoms with Crippen LogP contribution in [0.15, 0.2) is 4.99 Å². The van der Waals surface area contributed by atoms with Crippen LogP contribution in [0.25, 0.3) is 0 Å². The zero-order valence-electron chi connectivity index (χ0n) is 13.9. The molecule has 0 unspecified atom stereocenters. The summed E-state index contributed by atoms with van der Waals surface area (Å²) in [6.07, 6.45) is 3.59. The van der Waals surface area contributed by atoms with E-state index in [9.17, 15) is 21.6 Å². The first-order valence-electron chi connectivity index (χ1n) is 7.82. The van der Waals surface area contributed by atoms with Crippen LogP contribution in [0.1, 0.15) is 26.2 Å². The van der Waals surface area contributed by atoms with Gasteiger partial charge in [-0.05, 0) is 38.2 Å². The van der Waals surface area contributed by atoms with E-state index >= 15 is 0 Å². The van der Waals surface area contributed by atoms with E-state index in [0.717, 1.165) is 12.2 Å². The van der Waals surface area contributed by atoms with Crippen molar-refractivity contribution in [3.8, 4) is 0 Å². The lowest BCUT2D eigenvalue weighted by molar-refractivity contribution is -0.0494. The van der Waals surface area contributed by atoms with Crippen LogP contribution in [0.2, 0.25) is 0 Å². The molecule has 2 N–H and O–H groups in total. The van der Waals surface area contributed by atoms with Gasteiger partial charge in [0, 0.05) is 32.2 Å². The predicted molar refractivity (Wildman–Crippen MR) is 91.7 cm³/mol. The largest absolute Gasteiger partial charge is 0.511 e. The van der Waals surface area contributed by atoms with Crippen LogP contribution in [0.3, 0.4) is 0 Å². The van der Waals surface area contributed by atoms with Crippen LogP contribution < -0.4 is 10.6 Å². The summed E-state index contributed by atoms with van der Waals surface area (Å²) in [7, 11) is -5.22. The van der Waals surface area contributed by atoms with E-state index in [1.165, 1.54) is 0 Å². The molecule has 11 heteroatoms. The molecule has 6 nitrogen and oxygen atoms in total. The average molecular weight is 390 g/mol. The Morgan fingerprint density at radius 3 is 2.46 bits per heavy atom. The third-order valence-electron chi connectivity index (χ3n) is 3.55. The first-order chi connectivity index (χ1) is 11.2. The smallest absolute Gasteiger partial charge is 0.357 e. The third kappa shape index (κ3) is 6.32. The summed E-state index contributed by atoms with van der Waals surface area (Å²) in [5.41, 5.74) is -5.24. The van der Waals surface area contributed by atoms with Crippen LogP contribution in [-0.2, 0) is 10.0 Å². The van der Waals surface area contributed by atoms with E-state index in [1.54, 1.807) is 11.8 Å². The highest BCUT2D eigenvalue weighted by Crippen LogP contribution is 2.28. The minimum absolute atomic E-state index is 0.0944. The SMILES string of the molecule is CCNC(=NCCCSC)NC1CCN(S(=O)(=O)C(F)(F)F)CC1. The van der Waals surface area contributed by atoms with Crippen molar-refractivity contribution in [2.24, 2.45) is 4.99 Å². The fraction of sp³-hybridized carbons (Fsp3) is 0.923. The molecule has 24 heavy (non-hydrogen) atoms. The maximum Gasteiger partial charge on any atom is 0.511 e. The molecule has 1 rings (SSSR count). The van der Waals surface area contributed by atoms with E-state index in [1.807, 2.05) is 13.2 Å². The van der Waals surface area contributed by atoms with Crippen LogP contribution >= 0.6 is 11.8 Å². The first-order valence-corrected chi connectivity index (χ1v) is 10.7. The molecule has 0 aromatic heterocycles. The van der Waals surface area contributed by atoms with Crippen LogP contribution in [-0.4, -0.2) is 68.4 Å². The van der Waals surface area contributed by atoms with Crippen molar-refractivity contribution in [3.63, 3.8) is 0 Å². The van der Waals surface area contributed by atoms with E-state index < -0.39 is 15.5 Å². The molecule has 1 aliphatic heterocycles. The molecule has 142 valence electrons. The summed E-state index contributed by atoms with van der Waals surface area (Å²) < 4.78 is 60.9. The molecule has 0 radical (unpaired) electrons. The Labute approximate surface area is 145 Å². The number of thioether (sulfide) groups is 1. The van der Waals surface area contributed by atoms with Gasteiger partial charge >= 0.3 is 15.5 Å². The average Bonchev–Trinajstić information content (AvgIpc) is 2.51. The summed E-state index contributed by atoms with van der Waals surface area (Å²) >= 11 is 1.74. The molecule has 0 spiro atoms. The number of hydrogen-bond acceptors (Lipinski definition) is 4. The van der Waals surface area contributed by atoms with E-state index in [2.05, 4.69) is 15.6 Å². The van der Waals surface area contributed by atoms with Gasteiger partial charge < -0.3 is 10.6 Å². The summed E-state index contributed by atoms with van der Waals surface area (Å²) in [5.74, 6) is 1.63. The van der Waals surface area contributed by atoms with Gasteiger partial charge in [0.1, 0.15) is 0 Å². The summed E-state index contributed by atoms with van der Waals surface area (Å²) in [6.45, 7) is 2.97. The Kier molecular flexibility index (Phi) is 8.65. The molecule has 0 saturated carbocycles. The molecule has 1 aliphatic rings. The molecule has 0 bridgehead atoms. The van der Waals surface area contributed by atoms with Gasteiger partial charge in [0.05, 0.1) is 0 Å². The van der Waals surface area contributed by atoms with Crippen LogP contribution in [0, 0.1) is 0 Å². The monoisotopic (exact) mass is 390 g/mol. The maximum absolute atomic E-state index is 12.6. The van der Waals surface area contributed by atoms with Crippen molar-refractivity contribution in [1.29, 1.82) is 0 Å². The lowest BCUT2D eigenvalue weighted by Crippen LogP contribution is -2.51. The van der Waals surface area contributed by atoms with Crippen molar-refractivity contribution < 1.29 is 21.6 Å². The summed E-state index contributed by atoms with van der Waals surface area (Å²) in [5, 5.41) is 6.27. The van der Waals surface area contributed by atoms with Gasteiger partial charge in [-0.25, -0.2) is 8.42 Å². The second-order valence-electron chi connectivity index (χ2n) is 5.38. The molecule has 0 aromatic rings. The van der Waals surface area contributed by atoms with E-state index in [-0.39, 0.29) is 19.1 Å². The highest BCUT2D eigenvalue weighted by atomic mass is 32.2. The number of nitrogens with zero attached hydrogens (tertiary/aromatic N) is 2. The fourth-order valence-electron chi connectivity index (χ4n) is 2.30. The zero-order valence-corrected chi connectivity index (χ0v) is 15.5. The van der Waals surface area contributed by atoms with Gasteiger partial charge in [0.2, 0.25) is 0 Å². The third-order valence-corrected chi connectivity index (χ3v) is 5.87. The van der Waals surface area contributed by atoms with Gasteiger partial charge in [-0.1, -0.05) is 0 Å². The highest BCUT2D eigenvalue weighted by Gasteiger charge is 2.50. The summed E-state index contributed by atoms with van der Waals surface area (Å²) in [4.78, 5) is 4.42. The quantitative estimate of drug-likeness (QED) is 0.393.